The van der Waals surface area contributed by atoms with E-state index in [-0.39, 0.29) is 45.6 Å². The van der Waals surface area contributed by atoms with Gasteiger partial charge in [0, 0.05) is 5.02 Å². The minimum absolute atomic E-state index is 0.0322. The molecular weight excluding hydrogens is 602 g/mol. The molecule has 40 heavy (non-hydrogen) atoms. The molecule has 0 saturated heterocycles. The third-order valence-corrected chi connectivity index (χ3v) is 9.00. The molecular formula is C25H24ClN3O8S3. The average Bonchev–Trinajstić information content (AvgIpc) is 3.34. The number of terminal acetylenes is 1. The number of hydrogen-bond donors (Lipinski definition) is 1. The number of sulfone groups is 1. The van der Waals surface area contributed by atoms with Gasteiger partial charge in [0.15, 0.2) is 14.6 Å². The van der Waals surface area contributed by atoms with Crippen molar-refractivity contribution in [1.82, 2.24) is 4.57 Å². The zero-order valence-corrected chi connectivity index (χ0v) is 24.8. The first-order valence-electron chi connectivity index (χ1n) is 11.7. The second kappa shape index (κ2) is 13.2. The van der Waals surface area contributed by atoms with E-state index in [1.165, 1.54) is 6.92 Å². The molecule has 2 heterocycles. The molecule has 0 aliphatic heterocycles. The van der Waals surface area contributed by atoms with Crippen molar-refractivity contribution < 1.29 is 37.1 Å². The Morgan fingerprint density at radius 2 is 1.77 bits per heavy atom. The SMILES string of the molecule is C#CCn1c(=NC(=O)CS(=O)(=O)CC(=O)Nc2sc(C(=O)OCC)c(C)c2C(=O)OCC)sc2cc(Cl)ccc21. The van der Waals surface area contributed by atoms with Crippen LogP contribution in [-0.2, 0) is 35.4 Å². The number of fused-ring (bicyclic) bond motifs is 1. The number of benzene rings is 1. The minimum Gasteiger partial charge on any atom is -0.462 e. The number of carbonyl (C=O) groups is 4. The van der Waals surface area contributed by atoms with Crippen LogP contribution in [0.4, 0.5) is 5.00 Å². The molecule has 0 aliphatic rings. The van der Waals surface area contributed by atoms with Gasteiger partial charge in [0.2, 0.25) is 5.91 Å². The summed E-state index contributed by atoms with van der Waals surface area (Å²) in [7, 11) is -4.28. The summed E-state index contributed by atoms with van der Waals surface area (Å²) in [4.78, 5) is 54.2. The molecule has 212 valence electrons. The van der Waals surface area contributed by atoms with E-state index in [2.05, 4.69) is 16.2 Å². The lowest BCUT2D eigenvalue weighted by Gasteiger charge is -2.07. The number of anilines is 1. The number of esters is 2. The Balaban J connectivity index is 1.82. The predicted octanol–water partition coefficient (Wildman–Crippen LogP) is 3.19. The molecule has 3 aromatic rings. The summed E-state index contributed by atoms with van der Waals surface area (Å²) >= 11 is 7.89. The van der Waals surface area contributed by atoms with E-state index in [1.54, 1.807) is 36.6 Å². The number of amides is 2. The van der Waals surface area contributed by atoms with Crippen molar-refractivity contribution in [3.05, 3.63) is 44.0 Å². The molecule has 2 amide bonds. The molecule has 3 rings (SSSR count). The van der Waals surface area contributed by atoms with E-state index in [4.69, 9.17) is 27.5 Å². The molecule has 0 saturated carbocycles. The number of nitrogens with one attached hydrogen (secondary N) is 1. The Labute approximate surface area is 242 Å². The molecule has 1 N–H and O–H groups in total. The number of rotatable bonds is 10. The second-order valence-electron chi connectivity index (χ2n) is 8.07. The van der Waals surface area contributed by atoms with Gasteiger partial charge in [0.05, 0.1) is 35.5 Å². The predicted molar refractivity (Wildman–Crippen MR) is 152 cm³/mol. The molecule has 0 unspecified atom stereocenters. The van der Waals surface area contributed by atoms with Crippen molar-refractivity contribution in [3.8, 4) is 12.3 Å². The molecule has 0 bridgehead atoms. The van der Waals surface area contributed by atoms with E-state index in [0.717, 1.165) is 22.7 Å². The highest BCUT2D eigenvalue weighted by Gasteiger charge is 2.29. The fourth-order valence-electron chi connectivity index (χ4n) is 3.56. The second-order valence-corrected chi connectivity index (χ2v) is 12.6. The van der Waals surface area contributed by atoms with Gasteiger partial charge in [-0.1, -0.05) is 28.9 Å². The first-order chi connectivity index (χ1) is 18.9. The van der Waals surface area contributed by atoms with Crippen LogP contribution in [0.1, 0.15) is 39.4 Å². The number of thiazole rings is 1. The molecule has 0 fully saturated rings. The van der Waals surface area contributed by atoms with Crippen LogP contribution in [0.3, 0.4) is 0 Å². The number of thiophene rings is 1. The van der Waals surface area contributed by atoms with Crippen molar-refractivity contribution in [2.45, 2.75) is 27.3 Å². The van der Waals surface area contributed by atoms with Crippen LogP contribution in [0.25, 0.3) is 10.2 Å². The van der Waals surface area contributed by atoms with E-state index in [0.29, 0.717) is 15.2 Å². The molecule has 0 aliphatic carbocycles. The Hall–Kier alpha value is -3.51. The first kappa shape index (κ1) is 31.0. The van der Waals surface area contributed by atoms with Gasteiger partial charge in [-0.15, -0.1) is 17.8 Å². The highest BCUT2D eigenvalue weighted by atomic mass is 35.5. The Bertz CT molecular complexity index is 1710. The van der Waals surface area contributed by atoms with Crippen LogP contribution in [0, 0.1) is 19.3 Å². The Kier molecular flexibility index (Phi) is 10.3. The fourth-order valence-corrected chi connectivity index (χ4v) is 7.00. The normalized spacial score (nSPS) is 11.7. The highest BCUT2D eigenvalue weighted by molar-refractivity contribution is 7.92. The van der Waals surface area contributed by atoms with Crippen LogP contribution in [0.2, 0.25) is 5.02 Å². The first-order valence-corrected chi connectivity index (χ1v) is 15.5. The van der Waals surface area contributed by atoms with Crippen molar-refractivity contribution in [2.24, 2.45) is 4.99 Å². The van der Waals surface area contributed by atoms with Crippen LogP contribution in [0.15, 0.2) is 23.2 Å². The number of carbonyl (C=O) groups excluding carboxylic acids is 4. The summed E-state index contributed by atoms with van der Waals surface area (Å²) in [6.07, 6.45) is 5.44. The van der Waals surface area contributed by atoms with Gasteiger partial charge in [-0.3, -0.25) is 9.59 Å². The Morgan fingerprint density at radius 3 is 2.42 bits per heavy atom. The number of hydrogen-bond acceptors (Lipinski definition) is 10. The average molecular weight is 626 g/mol. The van der Waals surface area contributed by atoms with Gasteiger partial charge < -0.3 is 19.4 Å². The van der Waals surface area contributed by atoms with E-state index in [1.807, 2.05) is 0 Å². The summed E-state index contributed by atoms with van der Waals surface area (Å²) in [6, 6.07) is 5.03. The summed E-state index contributed by atoms with van der Waals surface area (Å²) in [5, 5.41) is 2.74. The maximum absolute atomic E-state index is 12.7. The maximum Gasteiger partial charge on any atom is 0.348 e. The molecule has 15 heteroatoms. The molecule has 2 aromatic heterocycles. The van der Waals surface area contributed by atoms with Crippen molar-refractivity contribution >= 4 is 83.1 Å². The van der Waals surface area contributed by atoms with E-state index in [9.17, 15) is 27.6 Å². The third kappa shape index (κ3) is 7.36. The summed E-state index contributed by atoms with van der Waals surface area (Å²) in [5.74, 6) is -3.19. The van der Waals surface area contributed by atoms with Gasteiger partial charge >= 0.3 is 11.9 Å². The molecule has 0 atom stereocenters. The van der Waals surface area contributed by atoms with Crippen molar-refractivity contribution in [2.75, 3.05) is 30.0 Å². The van der Waals surface area contributed by atoms with E-state index < -0.39 is 45.1 Å². The lowest BCUT2D eigenvalue weighted by atomic mass is 10.1. The Morgan fingerprint density at radius 1 is 1.10 bits per heavy atom. The van der Waals surface area contributed by atoms with Gasteiger partial charge in [-0.2, -0.15) is 4.99 Å². The smallest absolute Gasteiger partial charge is 0.348 e. The van der Waals surface area contributed by atoms with Gasteiger partial charge in [0.25, 0.3) is 5.91 Å². The van der Waals surface area contributed by atoms with Crippen molar-refractivity contribution in [3.63, 3.8) is 0 Å². The zero-order valence-electron chi connectivity index (χ0n) is 21.6. The van der Waals surface area contributed by atoms with E-state index >= 15 is 0 Å². The third-order valence-electron chi connectivity index (χ3n) is 5.15. The zero-order chi connectivity index (χ0) is 29.6. The molecule has 1 aromatic carbocycles. The van der Waals surface area contributed by atoms with Crippen LogP contribution >= 0.6 is 34.3 Å². The fraction of sp³-hybridized carbons (Fsp3) is 0.320. The number of nitrogens with zero attached hydrogens (tertiary/aromatic N) is 2. The summed E-state index contributed by atoms with van der Waals surface area (Å²) in [6.45, 7) is 4.88. The quantitative estimate of drug-likeness (QED) is 0.267. The van der Waals surface area contributed by atoms with Crippen LogP contribution in [0.5, 0.6) is 0 Å². The van der Waals surface area contributed by atoms with Crippen LogP contribution in [-0.4, -0.2) is 61.5 Å². The maximum atomic E-state index is 12.7. The number of aromatic nitrogens is 1. The molecule has 11 nitrogen and oxygen atoms in total. The number of halogens is 1. The standard InChI is InChI=1S/C25H24ClN3O8S3/c1-5-10-29-16-9-8-15(26)11-17(16)38-25(29)28-19(31)13-40(34,35)12-18(30)27-22-20(23(32)36-6-2)14(4)21(39-22)24(33)37-7-3/h1,8-9,11H,6-7,10,12-13H2,2-4H3,(H,27,30). The van der Waals surface area contributed by atoms with Crippen LogP contribution < -0.4 is 10.1 Å². The van der Waals surface area contributed by atoms with Gasteiger partial charge in [0.1, 0.15) is 21.4 Å². The minimum atomic E-state index is -4.28. The number of ether oxygens (including phenoxy) is 2. The molecule has 0 spiro atoms. The lowest BCUT2D eigenvalue weighted by molar-refractivity contribution is -0.115. The summed E-state index contributed by atoms with van der Waals surface area (Å²) in [5.41, 5.74) is 0.806. The molecule has 0 radical (unpaired) electrons. The highest BCUT2D eigenvalue weighted by Crippen LogP contribution is 2.34. The topological polar surface area (TPSA) is 150 Å². The van der Waals surface area contributed by atoms with Crippen molar-refractivity contribution in [1.29, 1.82) is 0 Å². The van der Waals surface area contributed by atoms with Gasteiger partial charge in [-0.25, -0.2) is 18.0 Å². The van der Waals surface area contributed by atoms with Gasteiger partial charge in [-0.05, 0) is 44.5 Å². The summed E-state index contributed by atoms with van der Waals surface area (Å²) < 4.78 is 37.7. The largest absolute Gasteiger partial charge is 0.462 e. The monoisotopic (exact) mass is 625 g/mol. The lowest BCUT2D eigenvalue weighted by Crippen LogP contribution is -2.28.